The van der Waals surface area contributed by atoms with Crippen LogP contribution < -0.4 is 27.2 Å². The predicted molar refractivity (Wildman–Crippen MR) is 77.7 cm³/mol. The maximum Gasteiger partial charge on any atom is 0.253 e. The van der Waals surface area contributed by atoms with Gasteiger partial charge in [0.25, 0.3) is 5.91 Å². The Hall–Kier alpha value is -1.67. The smallest absolute Gasteiger partial charge is 0.253 e. The molecule has 8 nitrogen and oxygen atoms in total. The standard InChI is InChI=1S/C13H25N5O3/c1-8-3-10(8)4-11(19)16-5-9(2)15-6-12(20)17-7-13(21)18-14/h8-10,15H,3-7,14H2,1-2H3,(H,16,19)(H,17,20)(H,18,21). The van der Waals surface area contributed by atoms with E-state index in [1.165, 1.54) is 0 Å². The molecular formula is C13H25N5O3. The first kappa shape index (κ1) is 17.4. The molecule has 120 valence electrons. The minimum Gasteiger partial charge on any atom is -0.355 e. The van der Waals surface area contributed by atoms with Crippen LogP contribution in [-0.4, -0.2) is 43.4 Å². The Morgan fingerprint density at radius 1 is 1.14 bits per heavy atom. The molecular weight excluding hydrogens is 274 g/mol. The van der Waals surface area contributed by atoms with Gasteiger partial charge >= 0.3 is 0 Å². The summed E-state index contributed by atoms with van der Waals surface area (Å²) < 4.78 is 0. The van der Waals surface area contributed by atoms with Gasteiger partial charge in [-0.05, 0) is 25.2 Å². The Bertz CT molecular complexity index is 388. The van der Waals surface area contributed by atoms with Crippen LogP contribution in [0.2, 0.25) is 0 Å². The maximum absolute atomic E-state index is 11.6. The van der Waals surface area contributed by atoms with Crippen LogP contribution in [0.15, 0.2) is 0 Å². The topological polar surface area (TPSA) is 125 Å². The molecule has 1 rings (SSSR count). The van der Waals surface area contributed by atoms with E-state index in [4.69, 9.17) is 5.84 Å². The van der Waals surface area contributed by atoms with E-state index in [1.54, 1.807) is 0 Å². The summed E-state index contributed by atoms with van der Waals surface area (Å²) in [5.74, 6) is 5.39. The van der Waals surface area contributed by atoms with Crippen LogP contribution in [0.25, 0.3) is 0 Å². The van der Waals surface area contributed by atoms with Crippen LogP contribution in [0.3, 0.4) is 0 Å². The van der Waals surface area contributed by atoms with Crippen LogP contribution in [0.5, 0.6) is 0 Å². The molecule has 3 amide bonds. The Labute approximate surface area is 124 Å². The third-order valence-corrected chi connectivity index (χ3v) is 3.55. The van der Waals surface area contributed by atoms with Gasteiger partial charge in [0, 0.05) is 19.0 Å². The molecule has 1 saturated carbocycles. The van der Waals surface area contributed by atoms with Gasteiger partial charge in [0.1, 0.15) is 0 Å². The fraction of sp³-hybridized carbons (Fsp3) is 0.769. The number of hydrogen-bond acceptors (Lipinski definition) is 5. The molecule has 0 saturated heterocycles. The maximum atomic E-state index is 11.6. The largest absolute Gasteiger partial charge is 0.355 e. The number of carbonyl (C=O) groups excluding carboxylic acids is 3. The summed E-state index contributed by atoms with van der Waals surface area (Å²) in [4.78, 5) is 33.9. The lowest BCUT2D eigenvalue weighted by atomic mass is 10.2. The van der Waals surface area contributed by atoms with Crippen LogP contribution >= 0.6 is 0 Å². The number of rotatable bonds is 9. The molecule has 1 aliphatic rings. The second-order valence-electron chi connectivity index (χ2n) is 5.61. The Balaban J connectivity index is 2.04. The molecule has 3 atom stereocenters. The van der Waals surface area contributed by atoms with Crippen LogP contribution in [0, 0.1) is 11.8 Å². The highest BCUT2D eigenvalue weighted by Crippen LogP contribution is 2.40. The van der Waals surface area contributed by atoms with Crippen LogP contribution in [0.4, 0.5) is 0 Å². The van der Waals surface area contributed by atoms with Gasteiger partial charge in [-0.25, -0.2) is 5.84 Å². The van der Waals surface area contributed by atoms with E-state index in [9.17, 15) is 14.4 Å². The van der Waals surface area contributed by atoms with Crippen molar-refractivity contribution in [2.24, 2.45) is 17.7 Å². The van der Waals surface area contributed by atoms with Gasteiger partial charge in [-0.15, -0.1) is 0 Å². The van der Waals surface area contributed by atoms with Crippen molar-refractivity contribution in [3.8, 4) is 0 Å². The van der Waals surface area contributed by atoms with Gasteiger partial charge in [0.15, 0.2) is 0 Å². The van der Waals surface area contributed by atoms with E-state index >= 15 is 0 Å². The zero-order chi connectivity index (χ0) is 15.8. The first-order valence-corrected chi connectivity index (χ1v) is 7.18. The molecule has 8 heteroatoms. The van der Waals surface area contributed by atoms with E-state index in [1.807, 2.05) is 12.3 Å². The number of nitrogens with one attached hydrogen (secondary N) is 4. The summed E-state index contributed by atoms with van der Waals surface area (Å²) in [6.07, 6.45) is 1.72. The third-order valence-electron chi connectivity index (χ3n) is 3.55. The quantitative estimate of drug-likeness (QED) is 0.196. The molecule has 0 radical (unpaired) electrons. The van der Waals surface area contributed by atoms with Gasteiger partial charge in [0.2, 0.25) is 11.8 Å². The molecule has 1 aliphatic carbocycles. The van der Waals surface area contributed by atoms with E-state index in [2.05, 4.69) is 22.9 Å². The van der Waals surface area contributed by atoms with Gasteiger partial charge in [-0.2, -0.15) is 0 Å². The van der Waals surface area contributed by atoms with Gasteiger partial charge in [-0.1, -0.05) is 6.92 Å². The SMILES string of the molecule is CC(CNC(=O)CC1CC1C)NCC(=O)NCC(=O)NN. The Morgan fingerprint density at radius 3 is 2.38 bits per heavy atom. The average Bonchev–Trinajstić information content (AvgIpc) is 3.15. The number of hydrazine groups is 1. The summed E-state index contributed by atoms with van der Waals surface area (Å²) in [5, 5.41) is 8.22. The average molecular weight is 299 g/mol. The minimum atomic E-state index is -0.460. The van der Waals surface area contributed by atoms with Crippen molar-refractivity contribution in [2.45, 2.75) is 32.7 Å². The number of hydrogen-bond donors (Lipinski definition) is 5. The minimum absolute atomic E-state index is 0.0281. The first-order valence-electron chi connectivity index (χ1n) is 7.18. The molecule has 0 bridgehead atoms. The summed E-state index contributed by atoms with van der Waals surface area (Å²) in [7, 11) is 0. The van der Waals surface area contributed by atoms with Crippen molar-refractivity contribution in [1.82, 2.24) is 21.4 Å². The molecule has 0 aromatic rings. The normalized spacial score (nSPS) is 21.3. The molecule has 0 spiro atoms. The zero-order valence-corrected chi connectivity index (χ0v) is 12.6. The predicted octanol–water partition coefficient (Wildman–Crippen LogP) is -1.77. The summed E-state index contributed by atoms with van der Waals surface area (Å²) in [6.45, 7) is 4.42. The van der Waals surface area contributed by atoms with Crippen molar-refractivity contribution >= 4 is 17.7 Å². The second-order valence-corrected chi connectivity index (χ2v) is 5.61. The monoisotopic (exact) mass is 299 g/mol. The second kappa shape index (κ2) is 8.58. The fourth-order valence-electron chi connectivity index (χ4n) is 1.89. The highest BCUT2D eigenvalue weighted by atomic mass is 16.2. The molecule has 0 aliphatic heterocycles. The van der Waals surface area contributed by atoms with Gasteiger partial charge in [-0.3, -0.25) is 19.8 Å². The summed E-state index contributed by atoms with van der Waals surface area (Å²) in [5.41, 5.74) is 1.92. The van der Waals surface area contributed by atoms with Crippen molar-refractivity contribution < 1.29 is 14.4 Å². The van der Waals surface area contributed by atoms with Gasteiger partial charge in [0.05, 0.1) is 13.1 Å². The number of amides is 3. The molecule has 1 fully saturated rings. The highest BCUT2D eigenvalue weighted by Gasteiger charge is 2.34. The summed E-state index contributed by atoms with van der Waals surface area (Å²) >= 11 is 0. The Morgan fingerprint density at radius 2 is 1.81 bits per heavy atom. The zero-order valence-electron chi connectivity index (χ0n) is 12.6. The van der Waals surface area contributed by atoms with Crippen molar-refractivity contribution in [1.29, 1.82) is 0 Å². The van der Waals surface area contributed by atoms with Gasteiger partial charge < -0.3 is 16.0 Å². The lowest BCUT2D eigenvalue weighted by Crippen LogP contribution is -2.46. The van der Waals surface area contributed by atoms with E-state index in [-0.39, 0.29) is 30.9 Å². The van der Waals surface area contributed by atoms with Crippen molar-refractivity contribution in [3.63, 3.8) is 0 Å². The van der Waals surface area contributed by atoms with Crippen LogP contribution in [0.1, 0.15) is 26.7 Å². The number of nitrogens with two attached hydrogens (primary N) is 1. The molecule has 6 N–H and O–H groups in total. The van der Waals surface area contributed by atoms with E-state index < -0.39 is 5.91 Å². The van der Waals surface area contributed by atoms with Crippen molar-refractivity contribution in [3.05, 3.63) is 0 Å². The molecule has 0 heterocycles. The Kier molecular flexibility index (Phi) is 7.10. The third kappa shape index (κ3) is 7.62. The van der Waals surface area contributed by atoms with Crippen LogP contribution in [-0.2, 0) is 14.4 Å². The lowest BCUT2D eigenvalue weighted by molar-refractivity contribution is -0.125. The molecule has 21 heavy (non-hydrogen) atoms. The molecule has 3 unspecified atom stereocenters. The summed E-state index contributed by atoms with van der Waals surface area (Å²) in [6, 6.07) is -0.0281. The fourth-order valence-corrected chi connectivity index (χ4v) is 1.89. The molecule has 0 aromatic heterocycles. The molecule has 0 aromatic carbocycles. The van der Waals surface area contributed by atoms with Crippen molar-refractivity contribution in [2.75, 3.05) is 19.6 Å². The first-order chi connectivity index (χ1) is 9.92. The lowest BCUT2D eigenvalue weighted by Gasteiger charge is -2.14. The highest BCUT2D eigenvalue weighted by molar-refractivity contribution is 5.85. The van der Waals surface area contributed by atoms with E-state index in [0.717, 1.165) is 6.42 Å². The van der Waals surface area contributed by atoms with E-state index in [0.29, 0.717) is 24.8 Å². The number of carbonyl (C=O) groups is 3.